The van der Waals surface area contributed by atoms with Gasteiger partial charge in [0.25, 0.3) is 0 Å². The number of hydrogen-bond donors (Lipinski definition) is 0. The Hall–Kier alpha value is -8.79. The summed E-state index contributed by atoms with van der Waals surface area (Å²) in [5.41, 5.74) is 16.4. The summed E-state index contributed by atoms with van der Waals surface area (Å²) in [7, 11) is 0. The van der Waals surface area contributed by atoms with Gasteiger partial charge in [-0.1, -0.05) is 188 Å². The molecule has 0 unspecified atom stereocenters. The van der Waals surface area contributed by atoms with E-state index >= 15 is 0 Å². The van der Waals surface area contributed by atoms with E-state index in [1.807, 2.05) is 36.4 Å². The highest BCUT2D eigenvalue weighted by Gasteiger charge is 2.52. The Morgan fingerprint density at radius 3 is 1.27 bits per heavy atom. The third-order valence-electron chi connectivity index (χ3n) is 14.0. The van der Waals surface area contributed by atoms with Crippen LogP contribution < -0.4 is 9.80 Å². The van der Waals surface area contributed by atoms with E-state index < -0.39 is 5.41 Å². The Bertz CT molecular complexity index is 3550. The van der Waals surface area contributed by atoms with Crippen LogP contribution in [-0.2, 0) is 5.41 Å². The van der Waals surface area contributed by atoms with Crippen LogP contribution in [0.15, 0.2) is 255 Å². The molecule has 13 rings (SSSR count). The second-order valence-electron chi connectivity index (χ2n) is 17.5. The average molecular weight is 855 g/mol. The molecule has 0 N–H and O–H groups in total. The quantitative estimate of drug-likeness (QED) is 0.142. The summed E-state index contributed by atoms with van der Waals surface area (Å²) in [6, 6.07) is 90.8. The van der Waals surface area contributed by atoms with Crippen molar-refractivity contribution in [1.29, 1.82) is 0 Å². The molecule has 0 fully saturated rings. The fourth-order valence-corrected chi connectivity index (χ4v) is 11.2. The first-order valence-electron chi connectivity index (χ1n) is 23.0. The first-order chi connectivity index (χ1) is 33.2. The van der Waals surface area contributed by atoms with Crippen LogP contribution in [0.4, 0.5) is 34.1 Å². The molecule has 0 saturated heterocycles. The van der Waals surface area contributed by atoms with Crippen LogP contribution in [0.25, 0.3) is 43.8 Å². The maximum absolute atomic E-state index is 14.5. The number of benzene rings is 11. The molecular formula is C64H42N2O. The number of anilines is 6. The monoisotopic (exact) mass is 854 g/mol. The van der Waals surface area contributed by atoms with Gasteiger partial charge >= 0.3 is 0 Å². The van der Waals surface area contributed by atoms with E-state index in [2.05, 4.69) is 228 Å². The lowest BCUT2D eigenvalue weighted by Gasteiger charge is -2.33. The molecule has 2 aliphatic rings. The Kier molecular flexibility index (Phi) is 8.90. The van der Waals surface area contributed by atoms with Gasteiger partial charge in [-0.3, -0.25) is 4.79 Å². The lowest BCUT2D eigenvalue weighted by atomic mass is 9.70. The van der Waals surface area contributed by atoms with E-state index in [4.69, 9.17) is 0 Å². The fraction of sp³-hybridized carbons (Fsp3) is 0.0156. The minimum absolute atomic E-state index is 0.00729. The van der Waals surface area contributed by atoms with Gasteiger partial charge < -0.3 is 9.80 Å². The highest BCUT2D eigenvalue weighted by molar-refractivity contribution is 6.10. The second-order valence-corrected chi connectivity index (χ2v) is 17.5. The van der Waals surface area contributed by atoms with Crippen molar-refractivity contribution in [3.63, 3.8) is 0 Å². The van der Waals surface area contributed by atoms with E-state index in [0.29, 0.717) is 11.1 Å². The third-order valence-corrected chi connectivity index (χ3v) is 14.0. The Morgan fingerprint density at radius 1 is 0.299 bits per heavy atom. The van der Waals surface area contributed by atoms with Crippen LogP contribution >= 0.6 is 0 Å². The summed E-state index contributed by atoms with van der Waals surface area (Å²) in [4.78, 5) is 19.3. The topological polar surface area (TPSA) is 23.6 Å². The summed E-state index contributed by atoms with van der Waals surface area (Å²) in [5, 5.41) is 4.71. The summed E-state index contributed by atoms with van der Waals surface area (Å²) < 4.78 is 0. The number of para-hydroxylation sites is 2. The number of ketones is 1. The van der Waals surface area contributed by atoms with Crippen molar-refractivity contribution in [3.05, 3.63) is 288 Å². The predicted molar refractivity (Wildman–Crippen MR) is 277 cm³/mol. The molecule has 0 heterocycles. The molecule has 0 radical (unpaired) electrons. The third kappa shape index (κ3) is 5.95. The molecule has 3 nitrogen and oxygen atoms in total. The highest BCUT2D eigenvalue weighted by atomic mass is 16.1. The van der Waals surface area contributed by atoms with Crippen molar-refractivity contribution in [3.8, 4) is 22.3 Å². The number of hydrogen-bond acceptors (Lipinski definition) is 3. The number of nitrogens with zero attached hydrogens (tertiary/aromatic N) is 2. The summed E-state index contributed by atoms with van der Waals surface area (Å²) >= 11 is 0. The molecule has 0 saturated carbocycles. The molecule has 67 heavy (non-hydrogen) atoms. The van der Waals surface area contributed by atoms with E-state index in [1.165, 1.54) is 54.9 Å². The maximum Gasteiger partial charge on any atom is 0.193 e. The molecule has 0 amide bonds. The molecule has 3 heteroatoms. The average Bonchev–Trinajstić information content (AvgIpc) is 3.86. The lowest BCUT2D eigenvalue weighted by Crippen LogP contribution is -2.27. The van der Waals surface area contributed by atoms with Crippen molar-refractivity contribution < 1.29 is 4.79 Å². The van der Waals surface area contributed by atoms with Gasteiger partial charge in [-0.05, 0) is 122 Å². The highest BCUT2D eigenvalue weighted by Crippen LogP contribution is 2.64. The van der Waals surface area contributed by atoms with Gasteiger partial charge in [0.05, 0.1) is 16.8 Å². The Morgan fingerprint density at radius 2 is 0.716 bits per heavy atom. The summed E-state index contributed by atoms with van der Waals surface area (Å²) in [6.45, 7) is 0. The zero-order valence-corrected chi connectivity index (χ0v) is 36.6. The van der Waals surface area contributed by atoms with E-state index in [0.717, 1.165) is 45.3 Å². The number of rotatable bonds is 8. The molecule has 0 atom stereocenters. The van der Waals surface area contributed by atoms with Crippen molar-refractivity contribution >= 4 is 61.5 Å². The molecule has 2 aliphatic carbocycles. The summed E-state index contributed by atoms with van der Waals surface area (Å²) in [6.07, 6.45) is 0. The molecule has 0 bridgehead atoms. The minimum atomic E-state index is -0.780. The first-order valence-corrected chi connectivity index (χ1v) is 23.0. The number of fused-ring (bicyclic) bond motifs is 12. The van der Waals surface area contributed by atoms with E-state index in [9.17, 15) is 4.79 Å². The van der Waals surface area contributed by atoms with Crippen LogP contribution in [0.2, 0.25) is 0 Å². The van der Waals surface area contributed by atoms with Crippen LogP contribution in [-0.4, -0.2) is 5.78 Å². The van der Waals surface area contributed by atoms with Crippen LogP contribution in [0, 0.1) is 0 Å². The second kappa shape index (κ2) is 15.4. The van der Waals surface area contributed by atoms with Crippen LogP contribution in [0.5, 0.6) is 0 Å². The molecule has 11 aromatic rings. The fourth-order valence-electron chi connectivity index (χ4n) is 11.2. The predicted octanol–water partition coefficient (Wildman–Crippen LogP) is 16.5. The van der Waals surface area contributed by atoms with Gasteiger partial charge in [0.15, 0.2) is 5.78 Å². The van der Waals surface area contributed by atoms with Gasteiger partial charge in [0.1, 0.15) is 0 Å². The van der Waals surface area contributed by atoms with Gasteiger partial charge in [0.2, 0.25) is 0 Å². The SMILES string of the molecule is O=C(c1ccccc1)c1ccc2c(c1)C1(c3ccccc3-2)c2cc(N(c3ccccc3)c3cccc4ccccc34)ccc2-c2ccc(N(c3ccccc3)c3cccc4ccccc34)cc21. The lowest BCUT2D eigenvalue weighted by molar-refractivity contribution is 0.103. The maximum atomic E-state index is 14.5. The largest absolute Gasteiger partial charge is 0.310 e. The first kappa shape index (κ1) is 38.6. The molecule has 0 aromatic heterocycles. The van der Waals surface area contributed by atoms with Crippen molar-refractivity contribution in [2.75, 3.05) is 9.80 Å². The minimum Gasteiger partial charge on any atom is -0.310 e. The zero-order chi connectivity index (χ0) is 44.5. The van der Waals surface area contributed by atoms with Crippen LogP contribution in [0.1, 0.15) is 38.2 Å². The number of carbonyl (C=O) groups is 1. The molecule has 1 spiro atoms. The molecule has 11 aromatic carbocycles. The summed E-state index contributed by atoms with van der Waals surface area (Å²) in [5.74, 6) is 0.00729. The van der Waals surface area contributed by atoms with Gasteiger partial charge in [-0.15, -0.1) is 0 Å². The Balaban J connectivity index is 1.11. The van der Waals surface area contributed by atoms with Crippen molar-refractivity contribution in [1.82, 2.24) is 0 Å². The van der Waals surface area contributed by atoms with Gasteiger partial charge in [-0.25, -0.2) is 0 Å². The Labute approximate surface area is 390 Å². The molecular weight excluding hydrogens is 813 g/mol. The number of carbonyl (C=O) groups excluding carboxylic acids is 1. The van der Waals surface area contributed by atoms with Crippen molar-refractivity contribution in [2.24, 2.45) is 0 Å². The van der Waals surface area contributed by atoms with Gasteiger partial charge in [0, 0.05) is 44.6 Å². The van der Waals surface area contributed by atoms with Crippen molar-refractivity contribution in [2.45, 2.75) is 5.41 Å². The van der Waals surface area contributed by atoms with Gasteiger partial charge in [-0.2, -0.15) is 0 Å². The van der Waals surface area contributed by atoms with E-state index in [-0.39, 0.29) is 5.78 Å². The molecule has 314 valence electrons. The standard InChI is InChI=1S/C64H42N2O/c67-63(45-20-4-1-5-21-45)46-34-37-54-53-30-14-15-31-57(53)64(58(54)40-46)59-41-49(65(47-24-6-2-7-25-47)61-32-16-22-43-18-10-12-28-51(43)61)35-38-55(59)56-39-36-50(42-60(56)64)66(48-26-8-3-9-27-48)62-33-17-23-44-19-11-13-29-52(44)62/h1-42H. The zero-order valence-electron chi connectivity index (χ0n) is 36.6. The van der Waals surface area contributed by atoms with Crippen LogP contribution in [0.3, 0.4) is 0 Å². The normalized spacial score (nSPS) is 12.7. The molecule has 0 aliphatic heterocycles. The smallest absolute Gasteiger partial charge is 0.193 e. The van der Waals surface area contributed by atoms with E-state index in [1.54, 1.807) is 0 Å².